The lowest BCUT2D eigenvalue weighted by Crippen LogP contribution is -2.20. The summed E-state index contributed by atoms with van der Waals surface area (Å²) >= 11 is 0. The topological polar surface area (TPSA) is 29.4 Å². The fraction of sp³-hybridized carbons (Fsp3) is 0.917. The number of rotatable bonds is 5. The number of nitrogens with zero attached hydrogens (tertiary/aromatic N) is 1. The SMILES string of the molecule is CC[C@@H](C)CCC(C)=N[S@@](=O)C(C)(C)C. The van der Waals surface area contributed by atoms with E-state index in [-0.39, 0.29) is 4.75 Å². The van der Waals surface area contributed by atoms with Gasteiger partial charge in [-0.05, 0) is 46.5 Å². The van der Waals surface area contributed by atoms with Gasteiger partial charge >= 0.3 is 0 Å². The first-order valence-electron chi connectivity index (χ1n) is 5.73. The molecule has 0 saturated heterocycles. The van der Waals surface area contributed by atoms with Gasteiger partial charge in [0.1, 0.15) is 11.0 Å². The summed E-state index contributed by atoms with van der Waals surface area (Å²) in [5.74, 6) is 0.734. The lowest BCUT2D eigenvalue weighted by atomic mass is 10.0. The molecule has 0 unspecified atom stereocenters. The van der Waals surface area contributed by atoms with Gasteiger partial charge in [0.2, 0.25) is 0 Å². The van der Waals surface area contributed by atoms with Crippen LogP contribution in [0.4, 0.5) is 0 Å². The van der Waals surface area contributed by atoms with Crippen LogP contribution < -0.4 is 0 Å². The third-order valence-electron chi connectivity index (χ3n) is 2.46. The summed E-state index contributed by atoms with van der Waals surface area (Å²) in [6.07, 6.45) is 3.32. The Balaban J connectivity index is 4.16. The summed E-state index contributed by atoms with van der Waals surface area (Å²) in [7, 11) is -1.10. The molecule has 0 N–H and O–H groups in total. The second-order valence-corrected chi connectivity index (χ2v) is 7.15. The highest BCUT2D eigenvalue weighted by atomic mass is 32.2. The van der Waals surface area contributed by atoms with Gasteiger partial charge in [0.25, 0.3) is 0 Å². The fourth-order valence-corrected chi connectivity index (χ4v) is 1.63. The largest absolute Gasteiger partial charge is 0.234 e. The Kier molecular flexibility index (Phi) is 6.34. The molecule has 0 aliphatic heterocycles. The molecule has 0 aromatic rings. The standard InChI is InChI=1S/C12H25NOS/c1-7-10(2)8-9-11(3)13-15(14)12(4,5)6/h10H,7-9H2,1-6H3/t10-,15+/m1/s1. The van der Waals surface area contributed by atoms with Crippen LogP contribution in [-0.2, 0) is 11.0 Å². The van der Waals surface area contributed by atoms with Crippen LogP contribution in [0.15, 0.2) is 4.40 Å². The average Bonchev–Trinajstić information content (AvgIpc) is 2.12. The first-order valence-corrected chi connectivity index (χ1v) is 6.84. The van der Waals surface area contributed by atoms with Crippen molar-refractivity contribution in [3.63, 3.8) is 0 Å². The predicted molar refractivity (Wildman–Crippen MR) is 69.7 cm³/mol. The Bertz CT molecular complexity index is 240. The first-order chi connectivity index (χ1) is 6.77. The summed E-state index contributed by atoms with van der Waals surface area (Å²) in [6, 6.07) is 0. The Morgan fingerprint density at radius 3 is 2.33 bits per heavy atom. The van der Waals surface area contributed by atoms with Crippen LogP contribution in [0.2, 0.25) is 0 Å². The van der Waals surface area contributed by atoms with Gasteiger partial charge in [-0.25, -0.2) is 4.21 Å². The van der Waals surface area contributed by atoms with Crippen LogP contribution in [0.5, 0.6) is 0 Å². The van der Waals surface area contributed by atoms with E-state index in [1.54, 1.807) is 0 Å². The minimum Gasteiger partial charge on any atom is -0.234 e. The molecule has 0 aromatic heterocycles. The molecule has 0 radical (unpaired) electrons. The van der Waals surface area contributed by atoms with E-state index in [2.05, 4.69) is 18.2 Å². The monoisotopic (exact) mass is 231 g/mol. The normalized spacial score (nSPS) is 17.6. The van der Waals surface area contributed by atoms with Crippen LogP contribution in [0, 0.1) is 5.92 Å². The predicted octanol–water partition coefficient (Wildman–Crippen LogP) is 3.74. The molecule has 0 rings (SSSR count). The van der Waals surface area contributed by atoms with Gasteiger partial charge in [-0.2, -0.15) is 4.40 Å². The van der Waals surface area contributed by atoms with Crippen molar-refractivity contribution < 1.29 is 4.21 Å². The molecule has 0 aliphatic rings. The third-order valence-corrected chi connectivity index (χ3v) is 3.98. The zero-order valence-corrected chi connectivity index (χ0v) is 11.8. The molecule has 15 heavy (non-hydrogen) atoms. The van der Waals surface area contributed by atoms with E-state index in [4.69, 9.17) is 0 Å². The minimum absolute atomic E-state index is 0.238. The van der Waals surface area contributed by atoms with Crippen molar-refractivity contribution in [3.05, 3.63) is 0 Å². The highest BCUT2D eigenvalue weighted by Crippen LogP contribution is 2.14. The maximum absolute atomic E-state index is 11.7. The number of hydrogen-bond acceptors (Lipinski definition) is 1. The van der Waals surface area contributed by atoms with Gasteiger partial charge < -0.3 is 0 Å². The highest BCUT2D eigenvalue weighted by molar-refractivity contribution is 7.85. The quantitative estimate of drug-likeness (QED) is 0.663. The van der Waals surface area contributed by atoms with Crippen molar-refractivity contribution in [2.24, 2.45) is 10.3 Å². The smallest absolute Gasteiger partial charge is 0.144 e. The summed E-state index contributed by atoms with van der Waals surface area (Å²) in [4.78, 5) is 0. The number of hydrogen-bond donors (Lipinski definition) is 0. The molecule has 0 heterocycles. The zero-order chi connectivity index (χ0) is 12.1. The third kappa shape index (κ3) is 6.82. The Labute approximate surface area is 97.2 Å². The second kappa shape index (κ2) is 6.41. The Morgan fingerprint density at radius 2 is 1.93 bits per heavy atom. The first kappa shape index (κ1) is 14.8. The Morgan fingerprint density at radius 1 is 1.40 bits per heavy atom. The van der Waals surface area contributed by atoms with Gasteiger partial charge in [0.15, 0.2) is 0 Å². The zero-order valence-electron chi connectivity index (χ0n) is 11.0. The molecule has 0 spiro atoms. The lowest BCUT2D eigenvalue weighted by Gasteiger charge is -2.14. The fourth-order valence-electron chi connectivity index (χ4n) is 0.984. The second-order valence-electron chi connectivity index (χ2n) is 5.24. The van der Waals surface area contributed by atoms with E-state index in [9.17, 15) is 4.21 Å². The van der Waals surface area contributed by atoms with Crippen molar-refractivity contribution in [2.45, 2.75) is 65.6 Å². The molecule has 0 fully saturated rings. The Hall–Kier alpha value is -0.180. The molecule has 0 amide bonds. The van der Waals surface area contributed by atoms with E-state index < -0.39 is 11.0 Å². The van der Waals surface area contributed by atoms with E-state index in [0.29, 0.717) is 0 Å². The van der Waals surface area contributed by atoms with Crippen molar-refractivity contribution in [1.29, 1.82) is 0 Å². The van der Waals surface area contributed by atoms with Gasteiger partial charge in [0.05, 0.1) is 4.75 Å². The molecule has 90 valence electrons. The van der Waals surface area contributed by atoms with E-state index >= 15 is 0 Å². The van der Waals surface area contributed by atoms with E-state index in [1.165, 1.54) is 6.42 Å². The van der Waals surface area contributed by atoms with Crippen molar-refractivity contribution in [1.82, 2.24) is 0 Å². The summed E-state index contributed by atoms with van der Waals surface area (Å²) in [5, 5.41) is 0. The minimum atomic E-state index is -1.10. The molecule has 0 bridgehead atoms. The maximum Gasteiger partial charge on any atom is 0.144 e. The highest BCUT2D eigenvalue weighted by Gasteiger charge is 2.18. The summed E-state index contributed by atoms with van der Waals surface area (Å²) in [6.45, 7) is 12.3. The van der Waals surface area contributed by atoms with Crippen molar-refractivity contribution in [2.75, 3.05) is 0 Å². The lowest BCUT2D eigenvalue weighted by molar-refractivity contribution is 0.528. The van der Waals surface area contributed by atoms with Crippen LogP contribution in [0.1, 0.15) is 60.8 Å². The summed E-state index contributed by atoms with van der Waals surface area (Å²) < 4.78 is 15.7. The molecule has 0 saturated carbocycles. The molecular weight excluding hydrogens is 206 g/mol. The van der Waals surface area contributed by atoms with E-state index in [0.717, 1.165) is 24.5 Å². The molecule has 2 atom stereocenters. The average molecular weight is 231 g/mol. The van der Waals surface area contributed by atoms with Crippen LogP contribution in [0.3, 0.4) is 0 Å². The van der Waals surface area contributed by atoms with Crippen LogP contribution in [-0.4, -0.2) is 14.7 Å². The molecule has 0 aromatic carbocycles. The van der Waals surface area contributed by atoms with Crippen molar-refractivity contribution in [3.8, 4) is 0 Å². The van der Waals surface area contributed by atoms with Gasteiger partial charge in [-0.3, -0.25) is 0 Å². The maximum atomic E-state index is 11.7. The van der Waals surface area contributed by atoms with E-state index in [1.807, 2.05) is 27.7 Å². The summed E-state index contributed by atoms with van der Waals surface area (Å²) in [5.41, 5.74) is 1.02. The van der Waals surface area contributed by atoms with Crippen LogP contribution in [0.25, 0.3) is 0 Å². The molecule has 2 nitrogen and oxygen atoms in total. The van der Waals surface area contributed by atoms with Gasteiger partial charge in [0, 0.05) is 5.71 Å². The molecular formula is C12H25NOS. The van der Waals surface area contributed by atoms with Gasteiger partial charge in [-0.15, -0.1) is 0 Å². The molecule has 3 heteroatoms. The van der Waals surface area contributed by atoms with Crippen molar-refractivity contribution >= 4 is 16.7 Å². The van der Waals surface area contributed by atoms with Gasteiger partial charge in [-0.1, -0.05) is 20.3 Å². The van der Waals surface area contributed by atoms with Crippen LogP contribution >= 0.6 is 0 Å². The molecule has 0 aliphatic carbocycles.